The molecule has 0 aliphatic rings. The summed E-state index contributed by atoms with van der Waals surface area (Å²) in [6, 6.07) is 23.0. The summed E-state index contributed by atoms with van der Waals surface area (Å²) in [7, 11) is 2.84. The van der Waals surface area contributed by atoms with Crippen molar-refractivity contribution >= 4 is 12.1 Å². The van der Waals surface area contributed by atoms with Gasteiger partial charge in [-0.25, -0.2) is 4.79 Å². The van der Waals surface area contributed by atoms with Crippen molar-refractivity contribution in [1.82, 2.24) is 15.0 Å². The molecule has 214 valence electrons. The highest BCUT2D eigenvalue weighted by atomic mass is 16.6. The molecule has 0 fully saturated rings. The van der Waals surface area contributed by atoms with Crippen LogP contribution in [-0.2, 0) is 16.1 Å². The van der Waals surface area contributed by atoms with Crippen molar-refractivity contribution in [2.75, 3.05) is 20.8 Å². The number of rotatable bonds is 12. The van der Waals surface area contributed by atoms with E-state index in [1.165, 1.54) is 12.0 Å². The number of ether oxygens (including phenoxy) is 4. The molecule has 1 unspecified atom stereocenters. The van der Waals surface area contributed by atoms with E-state index in [-0.39, 0.29) is 19.1 Å². The quantitative estimate of drug-likeness (QED) is 0.190. The lowest BCUT2D eigenvalue weighted by Crippen LogP contribution is -2.41. The summed E-state index contributed by atoms with van der Waals surface area (Å²) in [5.74, 6) is 2.03. The number of hydrogen-bond acceptors (Lipinski definition) is 9. The maximum absolute atomic E-state index is 13.4. The molecule has 0 spiro atoms. The molecule has 1 aromatic heterocycles. The molecule has 0 saturated heterocycles. The minimum Gasteiger partial charge on any atom is -0.497 e. The van der Waals surface area contributed by atoms with Crippen LogP contribution in [0.1, 0.15) is 37.7 Å². The lowest BCUT2D eigenvalue weighted by Gasteiger charge is -2.31. The molecule has 0 aliphatic carbocycles. The first-order chi connectivity index (χ1) is 19.9. The van der Waals surface area contributed by atoms with E-state index in [0.717, 1.165) is 11.1 Å². The molecule has 1 amide bonds. The highest BCUT2D eigenvalue weighted by molar-refractivity contribution is 5.79. The van der Waals surface area contributed by atoms with Crippen molar-refractivity contribution in [3.8, 4) is 28.7 Å². The molecule has 10 heteroatoms. The van der Waals surface area contributed by atoms with Crippen LogP contribution >= 0.6 is 0 Å². The minimum absolute atomic E-state index is 0.119. The molecule has 0 radical (unpaired) electrons. The molecule has 0 N–H and O–H groups in total. The maximum atomic E-state index is 13.4. The van der Waals surface area contributed by atoms with Crippen molar-refractivity contribution in [3.05, 3.63) is 90.3 Å². The van der Waals surface area contributed by atoms with Gasteiger partial charge in [-0.2, -0.15) is 4.98 Å². The molecule has 10 nitrogen and oxygen atoms in total. The number of benzene rings is 3. The molecule has 0 saturated carbocycles. The van der Waals surface area contributed by atoms with E-state index in [2.05, 4.69) is 10.1 Å². The summed E-state index contributed by atoms with van der Waals surface area (Å²) in [5.41, 5.74) is 1.64. The third kappa shape index (κ3) is 8.07. The Kier molecular flexibility index (Phi) is 9.93. The fourth-order valence-corrected chi connectivity index (χ4v) is 4.14. The van der Waals surface area contributed by atoms with E-state index in [0.29, 0.717) is 35.4 Å². The van der Waals surface area contributed by atoms with Crippen molar-refractivity contribution in [2.24, 2.45) is 5.92 Å². The first-order valence-electron chi connectivity index (χ1n) is 13.2. The number of aromatic nitrogens is 2. The Hall–Kier alpha value is -4.86. The Morgan fingerprint density at radius 1 is 0.878 bits per heavy atom. The van der Waals surface area contributed by atoms with Gasteiger partial charge in [0.1, 0.15) is 23.8 Å². The Morgan fingerprint density at radius 2 is 1.54 bits per heavy atom. The SMILES string of the molecule is COC(=O)CN(C(=O)Oc1ccc(OC)cc1)C(CC(C)C)c1ccc(OCc2noc(-c3ccccc3)n2)cc1. The van der Waals surface area contributed by atoms with Gasteiger partial charge in [0.15, 0.2) is 6.61 Å². The van der Waals surface area contributed by atoms with E-state index in [1.807, 2.05) is 56.3 Å². The Morgan fingerprint density at radius 3 is 2.17 bits per heavy atom. The van der Waals surface area contributed by atoms with Crippen molar-refractivity contribution in [1.29, 1.82) is 0 Å². The molecule has 3 aromatic carbocycles. The number of esters is 1. The van der Waals surface area contributed by atoms with Crippen LogP contribution in [0, 0.1) is 5.92 Å². The third-order valence-electron chi connectivity index (χ3n) is 6.22. The third-order valence-corrected chi connectivity index (χ3v) is 6.22. The van der Waals surface area contributed by atoms with Gasteiger partial charge in [-0.3, -0.25) is 9.69 Å². The highest BCUT2D eigenvalue weighted by Gasteiger charge is 2.30. The van der Waals surface area contributed by atoms with Crippen LogP contribution in [0.15, 0.2) is 83.4 Å². The van der Waals surface area contributed by atoms with Crippen LogP contribution in [0.4, 0.5) is 4.79 Å². The van der Waals surface area contributed by atoms with Crippen LogP contribution < -0.4 is 14.2 Å². The summed E-state index contributed by atoms with van der Waals surface area (Å²) in [6.45, 7) is 3.94. The second-order valence-corrected chi connectivity index (χ2v) is 9.63. The number of carbonyl (C=O) groups is 2. The van der Waals surface area contributed by atoms with Crippen LogP contribution in [0.25, 0.3) is 11.5 Å². The lowest BCUT2D eigenvalue weighted by molar-refractivity contribution is -0.142. The summed E-state index contributed by atoms with van der Waals surface area (Å²) in [4.78, 5) is 31.5. The summed E-state index contributed by atoms with van der Waals surface area (Å²) >= 11 is 0. The molecule has 1 atom stereocenters. The molecular weight excluding hydrogens is 526 g/mol. The molecule has 1 heterocycles. The van der Waals surface area contributed by atoms with Crippen molar-refractivity contribution in [2.45, 2.75) is 32.9 Å². The van der Waals surface area contributed by atoms with E-state index < -0.39 is 18.1 Å². The monoisotopic (exact) mass is 559 g/mol. The molecule has 41 heavy (non-hydrogen) atoms. The summed E-state index contributed by atoms with van der Waals surface area (Å²) < 4.78 is 26.9. The number of hydrogen-bond donors (Lipinski definition) is 0. The number of amides is 1. The molecule has 0 aliphatic heterocycles. The normalized spacial score (nSPS) is 11.5. The topological polar surface area (TPSA) is 113 Å². The fourth-order valence-electron chi connectivity index (χ4n) is 4.14. The van der Waals surface area contributed by atoms with Crippen LogP contribution in [0.2, 0.25) is 0 Å². The van der Waals surface area contributed by atoms with Gasteiger partial charge in [0, 0.05) is 5.56 Å². The number of carbonyl (C=O) groups excluding carboxylic acids is 2. The van der Waals surface area contributed by atoms with E-state index in [1.54, 1.807) is 43.5 Å². The van der Waals surface area contributed by atoms with Gasteiger partial charge >= 0.3 is 12.1 Å². The second-order valence-electron chi connectivity index (χ2n) is 9.63. The zero-order valence-corrected chi connectivity index (χ0v) is 23.5. The number of methoxy groups -OCH3 is 2. The zero-order valence-electron chi connectivity index (χ0n) is 23.5. The largest absolute Gasteiger partial charge is 0.497 e. The van der Waals surface area contributed by atoms with Gasteiger partial charge in [-0.1, -0.05) is 49.3 Å². The summed E-state index contributed by atoms with van der Waals surface area (Å²) in [5, 5.41) is 3.99. The van der Waals surface area contributed by atoms with Gasteiger partial charge in [0.25, 0.3) is 5.89 Å². The lowest BCUT2D eigenvalue weighted by atomic mass is 9.95. The van der Waals surface area contributed by atoms with Crippen LogP contribution in [-0.4, -0.2) is 47.9 Å². The molecule has 4 rings (SSSR count). The molecule has 0 bridgehead atoms. The number of nitrogens with zero attached hydrogens (tertiary/aromatic N) is 3. The first-order valence-corrected chi connectivity index (χ1v) is 13.2. The van der Waals surface area contributed by atoms with Gasteiger partial charge in [0.2, 0.25) is 5.82 Å². The standard InChI is InChI=1S/C31H33N3O7/c1-21(2)18-27(34(19-29(35)38-4)31(36)40-26-16-14-24(37-3)15-17-26)22-10-12-25(13-11-22)39-20-28-32-30(41-33-28)23-8-6-5-7-9-23/h5-17,21,27H,18-20H2,1-4H3. The zero-order chi connectivity index (χ0) is 29.2. The Bertz CT molecular complexity index is 1400. The average Bonchev–Trinajstić information content (AvgIpc) is 3.48. The molecule has 4 aromatic rings. The van der Waals surface area contributed by atoms with E-state index in [9.17, 15) is 9.59 Å². The van der Waals surface area contributed by atoms with Gasteiger partial charge in [0.05, 0.1) is 20.3 Å². The van der Waals surface area contributed by atoms with Crippen molar-refractivity contribution in [3.63, 3.8) is 0 Å². The minimum atomic E-state index is -0.669. The smallest absolute Gasteiger partial charge is 0.416 e. The van der Waals surface area contributed by atoms with Crippen LogP contribution in [0.3, 0.4) is 0 Å². The van der Waals surface area contributed by atoms with Gasteiger partial charge < -0.3 is 23.5 Å². The fraction of sp³-hybridized carbons (Fsp3) is 0.290. The Balaban J connectivity index is 1.49. The Labute approximate surface area is 238 Å². The highest BCUT2D eigenvalue weighted by Crippen LogP contribution is 2.31. The predicted molar refractivity (Wildman–Crippen MR) is 150 cm³/mol. The van der Waals surface area contributed by atoms with Crippen molar-refractivity contribution < 1.29 is 33.1 Å². The molecular formula is C31H33N3O7. The first kappa shape index (κ1) is 29.1. The predicted octanol–water partition coefficient (Wildman–Crippen LogP) is 6.09. The van der Waals surface area contributed by atoms with Gasteiger partial charge in [-0.05, 0) is 66.4 Å². The second kappa shape index (κ2) is 14.0. The van der Waals surface area contributed by atoms with E-state index in [4.69, 9.17) is 23.5 Å². The summed E-state index contributed by atoms with van der Waals surface area (Å²) in [6.07, 6.45) is -0.0853. The average molecular weight is 560 g/mol. The van der Waals surface area contributed by atoms with Crippen LogP contribution in [0.5, 0.6) is 17.2 Å². The van der Waals surface area contributed by atoms with E-state index >= 15 is 0 Å². The van der Waals surface area contributed by atoms with Gasteiger partial charge in [-0.15, -0.1) is 0 Å². The maximum Gasteiger partial charge on any atom is 0.416 e.